The molecule has 0 saturated carbocycles. The Morgan fingerprint density at radius 3 is 2.33 bits per heavy atom. The molecule has 1 N–H and O–H groups in total. The van der Waals surface area contributed by atoms with Crippen LogP contribution in [-0.4, -0.2) is 13.2 Å². The zero-order valence-electron chi connectivity index (χ0n) is 13.1. The van der Waals surface area contributed by atoms with E-state index in [0.717, 1.165) is 38.3 Å². The molecule has 2 aromatic carbocycles. The molecule has 0 aliphatic heterocycles. The van der Waals surface area contributed by atoms with Gasteiger partial charge in [-0.1, -0.05) is 56.3 Å². The predicted octanol–water partition coefficient (Wildman–Crippen LogP) is 4.64. The monoisotopic (exact) mass is 283 g/mol. The maximum Gasteiger partial charge on any atom is 0.127 e. The first-order valence-corrected chi connectivity index (χ1v) is 7.87. The smallest absolute Gasteiger partial charge is 0.127 e. The van der Waals surface area contributed by atoms with Crippen molar-refractivity contribution in [3.63, 3.8) is 0 Å². The Hall–Kier alpha value is -1.80. The lowest BCUT2D eigenvalue weighted by Crippen LogP contribution is -2.14. The average Bonchev–Trinajstić information content (AvgIpc) is 2.54. The molecule has 0 aliphatic rings. The van der Waals surface area contributed by atoms with Crippen molar-refractivity contribution in [2.24, 2.45) is 0 Å². The van der Waals surface area contributed by atoms with Crippen LogP contribution in [0.25, 0.3) is 11.1 Å². The van der Waals surface area contributed by atoms with Crippen molar-refractivity contribution in [2.75, 3.05) is 13.2 Å². The van der Waals surface area contributed by atoms with Crippen LogP contribution in [0.5, 0.6) is 5.75 Å². The minimum absolute atomic E-state index is 0.757. The fraction of sp³-hybridized carbons (Fsp3) is 0.368. The molecule has 0 fully saturated rings. The zero-order valence-corrected chi connectivity index (χ0v) is 13.1. The number of hydrogen-bond donors (Lipinski definition) is 1. The Morgan fingerprint density at radius 2 is 1.57 bits per heavy atom. The first kappa shape index (κ1) is 15.6. The highest BCUT2D eigenvalue weighted by Crippen LogP contribution is 2.32. The zero-order chi connectivity index (χ0) is 14.9. The maximum absolute atomic E-state index is 5.90. The Morgan fingerprint density at radius 1 is 0.857 bits per heavy atom. The number of benzene rings is 2. The van der Waals surface area contributed by atoms with Crippen LogP contribution in [0.4, 0.5) is 0 Å². The van der Waals surface area contributed by atoms with Crippen LogP contribution in [-0.2, 0) is 6.54 Å². The number of ether oxygens (including phenoxy) is 1. The maximum atomic E-state index is 5.90. The molecule has 0 unspecified atom stereocenters. The summed E-state index contributed by atoms with van der Waals surface area (Å²) in [7, 11) is 0. The molecule has 2 heteroatoms. The van der Waals surface area contributed by atoms with Crippen molar-refractivity contribution in [1.82, 2.24) is 5.32 Å². The van der Waals surface area contributed by atoms with Crippen molar-refractivity contribution in [3.05, 3.63) is 54.1 Å². The van der Waals surface area contributed by atoms with Crippen molar-refractivity contribution in [1.29, 1.82) is 0 Å². The summed E-state index contributed by atoms with van der Waals surface area (Å²) in [6, 6.07) is 16.9. The molecule has 2 nitrogen and oxygen atoms in total. The summed E-state index contributed by atoms with van der Waals surface area (Å²) in [5.41, 5.74) is 3.76. The van der Waals surface area contributed by atoms with Crippen LogP contribution in [0.15, 0.2) is 48.5 Å². The molecule has 0 aliphatic carbocycles. The Bertz CT molecular complexity index is 551. The molecule has 2 aromatic rings. The van der Waals surface area contributed by atoms with E-state index in [0.29, 0.717) is 0 Å². The van der Waals surface area contributed by atoms with E-state index in [2.05, 4.69) is 61.6 Å². The summed E-state index contributed by atoms with van der Waals surface area (Å²) >= 11 is 0. The summed E-state index contributed by atoms with van der Waals surface area (Å²) in [5.74, 6) is 0.974. The van der Waals surface area contributed by atoms with Crippen LogP contribution in [0.2, 0.25) is 0 Å². The highest BCUT2D eigenvalue weighted by Gasteiger charge is 2.09. The van der Waals surface area contributed by atoms with Gasteiger partial charge in [0, 0.05) is 12.1 Å². The van der Waals surface area contributed by atoms with Gasteiger partial charge in [0.15, 0.2) is 0 Å². The molecule has 0 aromatic heterocycles. The number of nitrogens with one attached hydrogen (secondary N) is 1. The first-order valence-electron chi connectivity index (χ1n) is 7.87. The lowest BCUT2D eigenvalue weighted by atomic mass is 9.99. The molecular formula is C19H25NO. The highest BCUT2D eigenvalue weighted by molar-refractivity contribution is 5.73. The van der Waals surface area contributed by atoms with Crippen molar-refractivity contribution < 1.29 is 4.74 Å². The van der Waals surface area contributed by atoms with Gasteiger partial charge >= 0.3 is 0 Å². The topological polar surface area (TPSA) is 21.3 Å². The Kier molecular flexibility index (Phi) is 6.29. The lowest BCUT2D eigenvalue weighted by Gasteiger charge is -2.15. The number of rotatable bonds is 8. The fourth-order valence-corrected chi connectivity index (χ4v) is 2.36. The van der Waals surface area contributed by atoms with Crippen LogP contribution >= 0.6 is 0 Å². The van der Waals surface area contributed by atoms with Crippen molar-refractivity contribution in [3.8, 4) is 16.9 Å². The molecule has 0 heterocycles. The number of para-hydroxylation sites is 1. The molecule has 2 rings (SSSR count). The minimum Gasteiger partial charge on any atom is -0.493 e. The van der Waals surface area contributed by atoms with Crippen LogP contribution in [0.3, 0.4) is 0 Å². The molecule has 0 radical (unpaired) electrons. The largest absolute Gasteiger partial charge is 0.493 e. The normalized spacial score (nSPS) is 10.6. The van der Waals surface area contributed by atoms with E-state index in [-0.39, 0.29) is 0 Å². The van der Waals surface area contributed by atoms with E-state index < -0.39 is 0 Å². The van der Waals surface area contributed by atoms with Crippen molar-refractivity contribution in [2.45, 2.75) is 33.2 Å². The molecule has 0 atom stereocenters. The molecule has 112 valence electrons. The van der Waals surface area contributed by atoms with E-state index in [1.165, 1.54) is 16.7 Å². The van der Waals surface area contributed by atoms with Gasteiger partial charge in [-0.05, 0) is 36.6 Å². The molecule has 21 heavy (non-hydrogen) atoms. The molecular weight excluding hydrogens is 258 g/mol. The molecule has 0 spiro atoms. The summed E-state index contributed by atoms with van der Waals surface area (Å²) in [6.07, 6.45) is 2.17. The third-order valence-corrected chi connectivity index (χ3v) is 3.40. The van der Waals surface area contributed by atoms with Gasteiger partial charge in [0.05, 0.1) is 6.61 Å². The lowest BCUT2D eigenvalue weighted by molar-refractivity contribution is 0.318. The SMILES string of the molecule is CCCNCc1ccccc1-c1ccccc1OCCC. The standard InChI is InChI=1S/C19H25NO/c1-3-13-20-15-16-9-5-6-10-17(16)18-11-7-8-12-19(18)21-14-4-2/h5-12,20H,3-4,13-15H2,1-2H3. The number of hydrogen-bond acceptors (Lipinski definition) is 2. The molecule has 0 bridgehead atoms. The van der Waals surface area contributed by atoms with Gasteiger partial charge in [-0.15, -0.1) is 0 Å². The summed E-state index contributed by atoms with van der Waals surface area (Å²) < 4.78 is 5.90. The molecule has 0 amide bonds. The van der Waals surface area contributed by atoms with Gasteiger partial charge in [-0.2, -0.15) is 0 Å². The Balaban J connectivity index is 2.28. The van der Waals surface area contributed by atoms with Crippen LogP contribution < -0.4 is 10.1 Å². The summed E-state index contributed by atoms with van der Waals surface area (Å²) in [6.45, 7) is 7.01. The van der Waals surface area contributed by atoms with Gasteiger partial charge in [0.1, 0.15) is 5.75 Å². The summed E-state index contributed by atoms with van der Waals surface area (Å²) in [4.78, 5) is 0. The second kappa shape index (κ2) is 8.48. The average molecular weight is 283 g/mol. The fourth-order valence-electron chi connectivity index (χ4n) is 2.36. The summed E-state index contributed by atoms with van der Waals surface area (Å²) in [5, 5.41) is 3.48. The van der Waals surface area contributed by atoms with E-state index in [1.54, 1.807) is 0 Å². The van der Waals surface area contributed by atoms with Gasteiger partial charge in [-0.25, -0.2) is 0 Å². The minimum atomic E-state index is 0.757. The van der Waals surface area contributed by atoms with E-state index in [9.17, 15) is 0 Å². The Labute approximate surface area is 128 Å². The van der Waals surface area contributed by atoms with Gasteiger partial charge in [-0.3, -0.25) is 0 Å². The van der Waals surface area contributed by atoms with Gasteiger partial charge < -0.3 is 10.1 Å². The first-order chi connectivity index (χ1) is 10.4. The molecule has 0 saturated heterocycles. The third-order valence-electron chi connectivity index (χ3n) is 3.40. The van der Waals surface area contributed by atoms with Crippen LogP contribution in [0, 0.1) is 0 Å². The highest BCUT2D eigenvalue weighted by atomic mass is 16.5. The van der Waals surface area contributed by atoms with Crippen molar-refractivity contribution >= 4 is 0 Å². The van der Waals surface area contributed by atoms with Gasteiger partial charge in [0.25, 0.3) is 0 Å². The quantitative estimate of drug-likeness (QED) is 0.712. The van der Waals surface area contributed by atoms with Crippen LogP contribution in [0.1, 0.15) is 32.3 Å². The predicted molar refractivity (Wildman–Crippen MR) is 89.7 cm³/mol. The van der Waals surface area contributed by atoms with E-state index in [4.69, 9.17) is 4.74 Å². The van der Waals surface area contributed by atoms with E-state index >= 15 is 0 Å². The third kappa shape index (κ3) is 4.33. The van der Waals surface area contributed by atoms with Gasteiger partial charge in [0.2, 0.25) is 0 Å². The second-order valence-electron chi connectivity index (χ2n) is 5.18. The second-order valence-corrected chi connectivity index (χ2v) is 5.18. The van der Waals surface area contributed by atoms with E-state index in [1.807, 2.05) is 6.07 Å².